The summed E-state index contributed by atoms with van der Waals surface area (Å²) in [5.74, 6) is 0.471. The fourth-order valence-corrected chi connectivity index (χ4v) is 2.95. The van der Waals surface area contributed by atoms with Gasteiger partial charge in [-0.05, 0) is 29.4 Å². The van der Waals surface area contributed by atoms with Crippen LogP contribution in [0, 0.1) is 0 Å². The monoisotopic (exact) mass is 346 g/mol. The minimum Gasteiger partial charge on any atom is -0.334 e. The van der Waals surface area contributed by atoms with Gasteiger partial charge in [-0.3, -0.25) is 9.59 Å². The first-order valence-electron chi connectivity index (χ1n) is 9.46. The van der Waals surface area contributed by atoms with E-state index in [1.165, 1.54) is 6.92 Å². The van der Waals surface area contributed by atoms with E-state index in [2.05, 4.69) is 52.1 Å². The summed E-state index contributed by atoms with van der Waals surface area (Å²) in [4.78, 5) is 26.1. The SMILES string of the molecule is CCCCCN(CC(=O)Nc1c(C(C)C)cccc1C(C)C)C(C)=O. The van der Waals surface area contributed by atoms with Crippen molar-refractivity contribution in [2.45, 2.75) is 72.6 Å². The van der Waals surface area contributed by atoms with Crippen LogP contribution in [0.1, 0.15) is 83.8 Å². The first-order chi connectivity index (χ1) is 11.8. The smallest absolute Gasteiger partial charge is 0.244 e. The van der Waals surface area contributed by atoms with Gasteiger partial charge in [0.05, 0.1) is 6.54 Å². The molecule has 0 heterocycles. The van der Waals surface area contributed by atoms with Crippen LogP contribution in [0.25, 0.3) is 0 Å². The maximum atomic E-state index is 12.6. The number of nitrogens with one attached hydrogen (secondary N) is 1. The van der Waals surface area contributed by atoms with E-state index in [-0.39, 0.29) is 18.4 Å². The Morgan fingerprint density at radius 1 is 1.04 bits per heavy atom. The molecule has 25 heavy (non-hydrogen) atoms. The minimum absolute atomic E-state index is 0.0486. The van der Waals surface area contributed by atoms with Crippen molar-refractivity contribution < 1.29 is 9.59 Å². The summed E-state index contributed by atoms with van der Waals surface area (Å²) in [5, 5.41) is 3.08. The van der Waals surface area contributed by atoms with Crippen molar-refractivity contribution in [3.8, 4) is 0 Å². The zero-order chi connectivity index (χ0) is 19.0. The van der Waals surface area contributed by atoms with E-state index in [1.807, 2.05) is 6.07 Å². The highest BCUT2D eigenvalue weighted by Gasteiger charge is 2.18. The van der Waals surface area contributed by atoms with E-state index < -0.39 is 0 Å². The highest BCUT2D eigenvalue weighted by atomic mass is 16.2. The van der Waals surface area contributed by atoms with Crippen LogP contribution in [-0.4, -0.2) is 29.8 Å². The number of benzene rings is 1. The molecule has 1 aromatic rings. The second kappa shape index (κ2) is 10.2. The van der Waals surface area contributed by atoms with Gasteiger partial charge in [-0.25, -0.2) is 0 Å². The molecule has 0 aliphatic rings. The Kier molecular flexibility index (Phi) is 8.67. The summed E-state index contributed by atoms with van der Waals surface area (Å²) in [5.41, 5.74) is 3.19. The molecule has 0 aliphatic heterocycles. The molecule has 4 heteroatoms. The van der Waals surface area contributed by atoms with Crippen molar-refractivity contribution in [2.24, 2.45) is 0 Å². The first kappa shape index (κ1) is 21.2. The molecule has 1 N–H and O–H groups in total. The van der Waals surface area contributed by atoms with Gasteiger partial charge < -0.3 is 10.2 Å². The van der Waals surface area contributed by atoms with Crippen molar-refractivity contribution in [3.05, 3.63) is 29.3 Å². The predicted molar refractivity (Wildman–Crippen MR) is 105 cm³/mol. The van der Waals surface area contributed by atoms with Gasteiger partial charge in [0.25, 0.3) is 0 Å². The number of unbranched alkanes of at least 4 members (excludes halogenated alkanes) is 2. The Labute approximate surface area is 153 Å². The maximum absolute atomic E-state index is 12.6. The minimum atomic E-state index is -0.123. The van der Waals surface area contributed by atoms with Crippen LogP contribution in [0.5, 0.6) is 0 Å². The number of anilines is 1. The van der Waals surface area contributed by atoms with Crippen LogP contribution in [0.15, 0.2) is 18.2 Å². The third-order valence-corrected chi connectivity index (χ3v) is 4.45. The Morgan fingerprint density at radius 2 is 1.60 bits per heavy atom. The van der Waals surface area contributed by atoms with Crippen LogP contribution in [0.3, 0.4) is 0 Å². The summed E-state index contributed by atoms with van der Waals surface area (Å²) >= 11 is 0. The molecule has 0 radical (unpaired) electrons. The molecule has 0 bridgehead atoms. The average molecular weight is 347 g/mol. The van der Waals surface area contributed by atoms with Crippen LogP contribution in [0.2, 0.25) is 0 Å². The third kappa shape index (κ3) is 6.52. The number of para-hydroxylation sites is 1. The van der Waals surface area contributed by atoms with E-state index >= 15 is 0 Å². The summed E-state index contributed by atoms with van der Waals surface area (Å²) in [6.45, 7) is 12.9. The summed E-state index contributed by atoms with van der Waals surface area (Å²) in [6, 6.07) is 6.18. The van der Waals surface area contributed by atoms with Crippen molar-refractivity contribution in [1.82, 2.24) is 4.90 Å². The van der Waals surface area contributed by atoms with Gasteiger partial charge >= 0.3 is 0 Å². The lowest BCUT2D eigenvalue weighted by molar-refractivity contribution is -0.132. The van der Waals surface area contributed by atoms with Crippen LogP contribution in [0.4, 0.5) is 5.69 Å². The molecule has 0 unspecified atom stereocenters. The molecule has 0 aromatic heterocycles. The van der Waals surface area contributed by atoms with E-state index in [4.69, 9.17) is 0 Å². The van der Waals surface area contributed by atoms with Crippen molar-refractivity contribution in [3.63, 3.8) is 0 Å². The number of hydrogen-bond acceptors (Lipinski definition) is 2. The summed E-state index contributed by atoms with van der Waals surface area (Å²) in [7, 11) is 0. The second-order valence-electron chi connectivity index (χ2n) is 7.32. The van der Waals surface area contributed by atoms with Gasteiger partial charge in [-0.2, -0.15) is 0 Å². The van der Waals surface area contributed by atoms with Gasteiger partial charge in [-0.15, -0.1) is 0 Å². The van der Waals surface area contributed by atoms with Crippen LogP contribution < -0.4 is 5.32 Å². The van der Waals surface area contributed by atoms with Gasteiger partial charge in [0.2, 0.25) is 11.8 Å². The summed E-state index contributed by atoms with van der Waals surface area (Å²) < 4.78 is 0. The highest BCUT2D eigenvalue weighted by molar-refractivity contribution is 5.95. The Hall–Kier alpha value is -1.84. The third-order valence-electron chi connectivity index (χ3n) is 4.45. The lowest BCUT2D eigenvalue weighted by Gasteiger charge is -2.23. The van der Waals surface area contributed by atoms with Gasteiger partial charge in [0.1, 0.15) is 0 Å². The molecule has 1 rings (SSSR count). The van der Waals surface area contributed by atoms with Crippen molar-refractivity contribution >= 4 is 17.5 Å². The van der Waals surface area contributed by atoms with E-state index in [1.54, 1.807) is 4.90 Å². The first-order valence-corrected chi connectivity index (χ1v) is 9.46. The number of amides is 2. The second-order valence-corrected chi connectivity index (χ2v) is 7.32. The van der Waals surface area contributed by atoms with Crippen LogP contribution >= 0.6 is 0 Å². The van der Waals surface area contributed by atoms with Gasteiger partial charge in [-0.1, -0.05) is 65.7 Å². The van der Waals surface area contributed by atoms with Crippen molar-refractivity contribution in [1.29, 1.82) is 0 Å². The molecule has 0 spiro atoms. The van der Waals surface area contributed by atoms with Crippen LogP contribution in [-0.2, 0) is 9.59 Å². The van der Waals surface area contributed by atoms with E-state index in [9.17, 15) is 9.59 Å². The number of hydrogen-bond donors (Lipinski definition) is 1. The Bertz CT molecular complexity index is 553. The predicted octanol–water partition coefficient (Wildman–Crippen LogP) is 4.91. The van der Waals surface area contributed by atoms with Gasteiger partial charge in [0.15, 0.2) is 0 Å². The highest BCUT2D eigenvalue weighted by Crippen LogP contribution is 2.32. The van der Waals surface area contributed by atoms with Crippen molar-refractivity contribution in [2.75, 3.05) is 18.4 Å². The molecule has 1 aromatic carbocycles. The van der Waals surface area contributed by atoms with E-state index in [0.717, 1.165) is 36.1 Å². The molecular weight excluding hydrogens is 312 g/mol. The molecule has 4 nitrogen and oxygen atoms in total. The molecule has 0 atom stereocenters. The molecule has 0 aliphatic carbocycles. The molecule has 0 saturated carbocycles. The molecule has 2 amide bonds. The average Bonchev–Trinajstić information content (AvgIpc) is 2.53. The standard InChI is InChI=1S/C21H34N2O2/c1-7-8-9-13-23(17(6)24)14-20(25)22-21-18(15(2)3)11-10-12-19(21)16(4)5/h10-12,15-16H,7-9,13-14H2,1-6H3,(H,22,25). The normalized spacial score (nSPS) is 11.0. The molecule has 0 fully saturated rings. The Morgan fingerprint density at radius 3 is 2.04 bits per heavy atom. The zero-order valence-electron chi connectivity index (χ0n) is 16.7. The molecular formula is C21H34N2O2. The number of nitrogens with zero attached hydrogens (tertiary/aromatic N) is 1. The lowest BCUT2D eigenvalue weighted by atomic mass is 9.92. The largest absolute Gasteiger partial charge is 0.334 e. The van der Waals surface area contributed by atoms with Gasteiger partial charge in [0, 0.05) is 19.2 Å². The number of carbonyl (C=O) groups excluding carboxylic acids is 2. The Balaban J connectivity index is 2.93. The summed E-state index contributed by atoms with van der Waals surface area (Å²) in [6.07, 6.45) is 3.10. The molecule has 0 saturated heterocycles. The zero-order valence-corrected chi connectivity index (χ0v) is 16.7. The number of carbonyl (C=O) groups is 2. The molecule has 140 valence electrons. The fourth-order valence-electron chi connectivity index (χ4n) is 2.95. The topological polar surface area (TPSA) is 49.4 Å². The van der Waals surface area contributed by atoms with E-state index in [0.29, 0.717) is 18.4 Å². The lowest BCUT2D eigenvalue weighted by Crippen LogP contribution is -2.37. The maximum Gasteiger partial charge on any atom is 0.244 e. The fraction of sp³-hybridized carbons (Fsp3) is 0.619. The number of rotatable bonds is 9. The quantitative estimate of drug-likeness (QED) is 0.646.